The van der Waals surface area contributed by atoms with Crippen molar-refractivity contribution >= 4 is 28.7 Å². The third-order valence-electron chi connectivity index (χ3n) is 5.15. The molecule has 0 saturated carbocycles. The second-order valence-corrected chi connectivity index (χ2v) is 6.90. The van der Waals surface area contributed by atoms with E-state index in [0.29, 0.717) is 60.3 Å². The van der Waals surface area contributed by atoms with Gasteiger partial charge >= 0.3 is 6.03 Å². The number of nitrogens with zero attached hydrogens (tertiary/aromatic N) is 7. The summed E-state index contributed by atoms with van der Waals surface area (Å²) in [6.07, 6.45) is 1.50. The first kappa shape index (κ1) is 20.4. The topological polar surface area (TPSA) is 120 Å². The first-order valence-electron chi connectivity index (χ1n) is 9.67. The van der Waals surface area contributed by atoms with Crippen LogP contribution in [0.1, 0.15) is 0 Å². The normalized spacial score (nSPS) is 13.9. The summed E-state index contributed by atoms with van der Waals surface area (Å²) >= 11 is 0. The van der Waals surface area contributed by atoms with E-state index in [4.69, 9.17) is 14.2 Å². The number of piperazine rings is 1. The first-order valence-corrected chi connectivity index (χ1v) is 9.67. The molecule has 31 heavy (non-hydrogen) atoms. The predicted molar refractivity (Wildman–Crippen MR) is 113 cm³/mol. The highest BCUT2D eigenvalue weighted by Gasteiger charge is 2.25. The van der Waals surface area contributed by atoms with Crippen LogP contribution in [-0.4, -0.2) is 83.4 Å². The Hall–Kier alpha value is -3.83. The number of urea groups is 1. The van der Waals surface area contributed by atoms with Gasteiger partial charge in [0.05, 0.1) is 27.0 Å². The fourth-order valence-electron chi connectivity index (χ4n) is 3.55. The molecule has 12 heteroatoms. The second-order valence-electron chi connectivity index (χ2n) is 6.90. The lowest BCUT2D eigenvalue weighted by Gasteiger charge is -2.35. The molecule has 12 nitrogen and oxygen atoms in total. The molecule has 0 atom stereocenters. The van der Waals surface area contributed by atoms with E-state index in [9.17, 15) is 4.79 Å². The standard InChI is InChI=1S/C19H24N8O4/c1-25-17-15(23-24-25)18(21-11-20-17)26-5-7-27(8-6-26)19(28)22-12-9-13(29-2)16(31-4)14(10-12)30-3/h9-11H,5-8H2,1-4H3,(H,22,28). The third-order valence-corrected chi connectivity index (χ3v) is 5.15. The van der Waals surface area contributed by atoms with Gasteiger partial charge in [0.25, 0.3) is 0 Å². The van der Waals surface area contributed by atoms with E-state index in [1.807, 2.05) is 0 Å². The van der Waals surface area contributed by atoms with Crippen molar-refractivity contribution in [3.05, 3.63) is 18.5 Å². The molecule has 2 amide bonds. The molecular formula is C19H24N8O4. The number of nitrogens with one attached hydrogen (secondary N) is 1. The van der Waals surface area contributed by atoms with Crippen molar-refractivity contribution in [2.24, 2.45) is 7.05 Å². The molecule has 3 heterocycles. The van der Waals surface area contributed by atoms with Crippen molar-refractivity contribution in [1.29, 1.82) is 0 Å². The fraction of sp³-hybridized carbons (Fsp3) is 0.421. The number of hydrogen-bond acceptors (Lipinski definition) is 9. The lowest BCUT2D eigenvalue weighted by atomic mass is 10.2. The van der Waals surface area contributed by atoms with Crippen LogP contribution in [0.3, 0.4) is 0 Å². The van der Waals surface area contributed by atoms with E-state index < -0.39 is 0 Å². The molecule has 2 aromatic heterocycles. The maximum absolute atomic E-state index is 12.8. The zero-order valence-electron chi connectivity index (χ0n) is 17.8. The lowest BCUT2D eigenvalue weighted by molar-refractivity contribution is 0.208. The Kier molecular flexibility index (Phi) is 5.60. The summed E-state index contributed by atoms with van der Waals surface area (Å²) in [6, 6.07) is 3.18. The number of hydrogen-bond donors (Lipinski definition) is 1. The second kappa shape index (κ2) is 8.50. The summed E-state index contributed by atoms with van der Waals surface area (Å²) in [5.74, 6) is 2.14. The fourth-order valence-corrected chi connectivity index (χ4v) is 3.55. The van der Waals surface area contributed by atoms with E-state index in [1.165, 1.54) is 27.7 Å². The molecule has 1 N–H and O–H groups in total. The summed E-state index contributed by atoms with van der Waals surface area (Å²) in [7, 11) is 6.38. The molecule has 0 radical (unpaired) electrons. The number of fused-ring (bicyclic) bond motifs is 1. The van der Waals surface area contributed by atoms with Crippen LogP contribution in [0.2, 0.25) is 0 Å². The molecule has 1 aliphatic heterocycles. The van der Waals surface area contributed by atoms with Crippen LogP contribution in [0.15, 0.2) is 18.5 Å². The number of ether oxygens (including phenoxy) is 3. The molecule has 1 saturated heterocycles. The zero-order valence-corrected chi connectivity index (χ0v) is 17.8. The van der Waals surface area contributed by atoms with Crippen LogP contribution in [0.4, 0.5) is 16.3 Å². The molecule has 1 aromatic carbocycles. The summed E-state index contributed by atoms with van der Waals surface area (Å²) < 4.78 is 17.6. The van der Waals surface area contributed by atoms with Crippen LogP contribution in [0, 0.1) is 0 Å². The number of amides is 2. The van der Waals surface area contributed by atoms with Gasteiger partial charge in [0.1, 0.15) is 6.33 Å². The van der Waals surface area contributed by atoms with Gasteiger partial charge in [-0.05, 0) is 0 Å². The summed E-state index contributed by atoms with van der Waals surface area (Å²) in [5.41, 5.74) is 1.88. The highest BCUT2D eigenvalue weighted by Crippen LogP contribution is 2.40. The van der Waals surface area contributed by atoms with Gasteiger partial charge in [-0.25, -0.2) is 19.4 Å². The van der Waals surface area contributed by atoms with Crippen LogP contribution in [-0.2, 0) is 7.05 Å². The monoisotopic (exact) mass is 428 g/mol. The molecule has 3 aromatic rings. The highest BCUT2D eigenvalue weighted by molar-refractivity contribution is 5.90. The quantitative estimate of drug-likeness (QED) is 0.638. The number of rotatable bonds is 5. The minimum Gasteiger partial charge on any atom is -0.493 e. The van der Waals surface area contributed by atoms with Gasteiger partial charge in [0, 0.05) is 45.4 Å². The molecule has 4 rings (SSSR count). The van der Waals surface area contributed by atoms with E-state index >= 15 is 0 Å². The summed E-state index contributed by atoms with van der Waals surface area (Å²) in [5, 5.41) is 11.1. The molecule has 0 bridgehead atoms. The molecular weight excluding hydrogens is 404 g/mol. The average Bonchev–Trinajstić information content (AvgIpc) is 3.19. The Morgan fingerprint density at radius 3 is 2.29 bits per heavy atom. The van der Waals surface area contributed by atoms with Crippen molar-refractivity contribution in [3.63, 3.8) is 0 Å². The number of benzene rings is 1. The minimum atomic E-state index is -0.207. The van der Waals surface area contributed by atoms with Crippen LogP contribution in [0.5, 0.6) is 17.2 Å². The Labute approximate surface area is 178 Å². The molecule has 0 unspecified atom stereocenters. The number of anilines is 2. The Morgan fingerprint density at radius 1 is 1.00 bits per heavy atom. The average molecular weight is 428 g/mol. The largest absolute Gasteiger partial charge is 0.493 e. The molecule has 1 fully saturated rings. The maximum atomic E-state index is 12.8. The number of carbonyl (C=O) groups is 1. The van der Waals surface area contributed by atoms with E-state index in [2.05, 4.69) is 30.5 Å². The molecule has 0 aliphatic carbocycles. The van der Waals surface area contributed by atoms with Gasteiger partial charge in [-0.3, -0.25) is 0 Å². The zero-order chi connectivity index (χ0) is 22.0. The number of aryl methyl sites for hydroxylation is 1. The van der Waals surface area contributed by atoms with E-state index in [0.717, 1.165) is 5.82 Å². The van der Waals surface area contributed by atoms with Gasteiger partial charge in [0.15, 0.2) is 28.5 Å². The van der Waals surface area contributed by atoms with Crippen LogP contribution < -0.4 is 24.4 Å². The van der Waals surface area contributed by atoms with Gasteiger partial charge < -0.3 is 29.3 Å². The van der Waals surface area contributed by atoms with E-state index in [-0.39, 0.29) is 6.03 Å². The highest BCUT2D eigenvalue weighted by atomic mass is 16.5. The van der Waals surface area contributed by atoms with Crippen molar-refractivity contribution in [2.45, 2.75) is 0 Å². The van der Waals surface area contributed by atoms with Crippen LogP contribution in [0.25, 0.3) is 11.2 Å². The summed E-state index contributed by atoms with van der Waals surface area (Å²) in [4.78, 5) is 25.2. The maximum Gasteiger partial charge on any atom is 0.321 e. The number of aromatic nitrogens is 5. The van der Waals surface area contributed by atoms with Gasteiger partial charge in [-0.1, -0.05) is 5.21 Å². The number of carbonyl (C=O) groups excluding carboxylic acids is 1. The van der Waals surface area contributed by atoms with Crippen molar-refractivity contribution in [1.82, 2.24) is 29.9 Å². The Morgan fingerprint density at radius 2 is 1.68 bits per heavy atom. The smallest absolute Gasteiger partial charge is 0.321 e. The lowest BCUT2D eigenvalue weighted by Crippen LogP contribution is -2.50. The molecule has 0 spiro atoms. The van der Waals surface area contributed by atoms with Gasteiger partial charge in [-0.15, -0.1) is 5.10 Å². The SMILES string of the molecule is COc1cc(NC(=O)N2CCN(c3ncnc4c3nnn4C)CC2)cc(OC)c1OC. The first-order chi connectivity index (χ1) is 15.0. The van der Waals surface area contributed by atoms with Crippen molar-refractivity contribution < 1.29 is 19.0 Å². The predicted octanol–water partition coefficient (Wildman–Crippen LogP) is 1.14. The Bertz CT molecular complexity index is 1070. The van der Waals surface area contributed by atoms with Crippen LogP contribution >= 0.6 is 0 Å². The van der Waals surface area contributed by atoms with Crippen molar-refractivity contribution in [3.8, 4) is 17.2 Å². The third kappa shape index (κ3) is 3.83. The van der Waals surface area contributed by atoms with Crippen molar-refractivity contribution in [2.75, 3.05) is 57.7 Å². The molecule has 164 valence electrons. The molecule has 1 aliphatic rings. The minimum absolute atomic E-state index is 0.207. The van der Waals surface area contributed by atoms with Gasteiger partial charge in [-0.2, -0.15) is 0 Å². The van der Waals surface area contributed by atoms with E-state index in [1.54, 1.807) is 28.8 Å². The summed E-state index contributed by atoms with van der Waals surface area (Å²) in [6.45, 7) is 2.29. The number of methoxy groups -OCH3 is 3. The Balaban J connectivity index is 1.44. The van der Waals surface area contributed by atoms with Gasteiger partial charge in [0.2, 0.25) is 5.75 Å².